The summed E-state index contributed by atoms with van der Waals surface area (Å²) in [4.78, 5) is 22.8. The third-order valence-electron chi connectivity index (χ3n) is 2.64. The van der Waals surface area contributed by atoms with Crippen LogP contribution in [0.25, 0.3) is 0 Å². The molecule has 0 aliphatic heterocycles. The van der Waals surface area contributed by atoms with Gasteiger partial charge in [-0.3, -0.25) is 9.59 Å². The Kier molecular flexibility index (Phi) is 4.94. The Bertz CT molecular complexity index is 520. The molecule has 1 aromatic carbocycles. The number of carbonyl (C=O) groups excluding carboxylic acids is 2. The van der Waals surface area contributed by atoms with Crippen LogP contribution in [-0.2, 0) is 9.59 Å². The molecule has 0 bridgehead atoms. The molecular formula is C13H14BrFN2O3. The Morgan fingerprint density at radius 2 is 2.10 bits per heavy atom. The van der Waals surface area contributed by atoms with Crippen molar-refractivity contribution in [2.24, 2.45) is 0 Å². The van der Waals surface area contributed by atoms with Crippen molar-refractivity contribution < 1.29 is 18.7 Å². The summed E-state index contributed by atoms with van der Waals surface area (Å²) in [6, 6.07) is 4.54. The third kappa shape index (κ3) is 4.80. The quantitative estimate of drug-likeness (QED) is 0.818. The SMILES string of the molecule is O=C(COc1ccc(Br)cc1F)NCC(=O)NC1CC1. The standard InChI is InChI=1S/C13H14BrFN2O3/c14-8-1-4-11(10(15)5-8)20-7-13(19)16-6-12(18)17-9-2-3-9/h1,4-5,9H,2-3,6-7H2,(H,16,19)(H,17,18). The zero-order chi connectivity index (χ0) is 14.5. The van der Waals surface area contributed by atoms with E-state index < -0.39 is 11.7 Å². The van der Waals surface area contributed by atoms with Gasteiger partial charge >= 0.3 is 0 Å². The summed E-state index contributed by atoms with van der Waals surface area (Å²) in [5.41, 5.74) is 0. The van der Waals surface area contributed by atoms with E-state index >= 15 is 0 Å². The largest absolute Gasteiger partial charge is 0.481 e. The molecular weight excluding hydrogens is 331 g/mol. The van der Waals surface area contributed by atoms with E-state index in [1.54, 1.807) is 6.07 Å². The second kappa shape index (κ2) is 6.69. The molecule has 1 aromatic rings. The highest BCUT2D eigenvalue weighted by Crippen LogP contribution is 2.21. The zero-order valence-corrected chi connectivity index (χ0v) is 12.2. The molecule has 108 valence electrons. The summed E-state index contributed by atoms with van der Waals surface area (Å²) in [5, 5.41) is 5.15. The Morgan fingerprint density at radius 3 is 2.75 bits per heavy atom. The molecule has 1 saturated carbocycles. The van der Waals surface area contributed by atoms with Gasteiger partial charge in [-0.05, 0) is 31.0 Å². The lowest BCUT2D eigenvalue weighted by atomic mass is 10.3. The smallest absolute Gasteiger partial charge is 0.258 e. The predicted octanol–water partition coefficient (Wildman–Crippen LogP) is 1.36. The highest BCUT2D eigenvalue weighted by atomic mass is 79.9. The monoisotopic (exact) mass is 344 g/mol. The summed E-state index contributed by atoms with van der Waals surface area (Å²) < 4.78 is 19.0. The molecule has 2 N–H and O–H groups in total. The molecule has 0 radical (unpaired) electrons. The van der Waals surface area contributed by atoms with Crippen molar-refractivity contribution in [3.63, 3.8) is 0 Å². The van der Waals surface area contributed by atoms with Gasteiger partial charge in [-0.15, -0.1) is 0 Å². The van der Waals surface area contributed by atoms with Gasteiger partial charge < -0.3 is 15.4 Å². The van der Waals surface area contributed by atoms with Crippen molar-refractivity contribution in [3.8, 4) is 5.75 Å². The number of rotatable bonds is 6. The summed E-state index contributed by atoms with van der Waals surface area (Å²) in [6.07, 6.45) is 1.98. The first kappa shape index (κ1) is 14.8. The van der Waals surface area contributed by atoms with Crippen molar-refractivity contribution in [3.05, 3.63) is 28.5 Å². The minimum atomic E-state index is -0.557. The number of halogens is 2. The van der Waals surface area contributed by atoms with E-state index in [1.807, 2.05) is 0 Å². The van der Waals surface area contributed by atoms with Gasteiger partial charge in [0.05, 0.1) is 6.54 Å². The number of benzene rings is 1. The molecule has 1 fully saturated rings. The average Bonchev–Trinajstić information content (AvgIpc) is 3.19. The molecule has 2 rings (SSSR count). The van der Waals surface area contributed by atoms with Crippen LogP contribution in [-0.4, -0.2) is 31.0 Å². The van der Waals surface area contributed by atoms with E-state index in [9.17, 15) is 14.0 Å². The normalized spacial score (nSPS) is 13.7. The zero-order valence-electron chi connectivity index (χ0n) is 10.6. The van der Waals surface area contributed by atoms with Crippen LogP contribution in [0.5, 0.6) is 5.75 Å². The second-order valence-electron chi connectivity index (χ2n) is 4.48. The molecule has 1 aliphatic rings. The number of ether oxygens (including phenoxy) is 1. The lowest BCUT2D eigenvalue weighted by molar-refractivity contribution is -0.127. The molecule has 0 atom stereocenters. The van der Waals surface area contributed by atoms with Gasteiger partial charge in [0.2, 0.25) is 5.91 Å². The summed E-state index contributed by atoms with van der Waals surface area (Å²) >= 11 is 3.12. The van der Waals surface area contributed by atoms with E-state index in [-0.39, 0.29) is 30.9 Å². The van der Waals surface area contributed by atoms with Gasteiger partial charge in [0.25, 0.3) is 5.91 Å². The Morgan fingerprint density at radius 1 is 1.35 bits per heavy atom. The molecule has 0 heterocycles. The molecule has 7 heteroatoms. The van der Waals surface area contributed by atoms with Gasteiger partial charge in [-0.1, -0.05) is 15.9 Å². The Labute approximate surface area is 124 Å². The maximum absolute atomic E-state index is 13.4. The number of nitrogens with one attached hydrogen (secondary N) is 2. The van der Waals surface area contributed by atoms with Crippen LogP contribution in [0.3, 0.4) is 0 Å². The number of hydrogen-bond acceptors (Lipinski definition) is 3. The van der Waals surface area contributed by atoms with Crippen molar-refractivity contribution in [1.82, 2.24) is 10.6 Å². The summed E-state index contributed by atoms with van der Waals surface area (Å²) in [5.74, 6) is -1.27. The Hall–Kier alpha value is -1.63. The molecule has 0 spiro atoms. The topological polar surface area (TPSA) is 67.4 Å². The van der Waals surface area contributed by atoms with Gasteiger partial charge in [0.15, 0.2) is 18.2 Å². The van der Waals surface area contributed by atoms with Gasteiger partial charge in [-0.25, -0.2) is 4.39 Å². The fourth-order valence-corrected chi connectivity index (χ4v) is 1.80. The fraction of sp³-hybridized carbons (Fsp3) is 0.385. The van der Waals surface area contributed by atoms with Crippen LogP contribution in [0.1, 0.15) is 12.8 Å². The van der Waals surface area contributed by atoms with E-state index in [0.29, 0.717) is 4.47 Å². The van der Waals surface area contributed by atoms with Crippen LogP contribution in [0, 0.1) is 5.82 Å². The lowest BCUT2D eigenvalue weighted by Gasteiger charge is -2.08. The van der Waals surface area contributed by atoms with Gasteiger partial charge in [0.1, 0.15) is 0 Å². The average molecular weight is 345 g/mol. The molecule has 5 nitrogen and oxygen atoms in total. The summed E-state index contributed by atoms with van der Waals surface area (Å²) in [7, 11) is 0. The van der Waals surface area contributed by atoms with E-state index in [1.165, 1.54) is 12.1 Å². The van der Waals surface area contributed by atoms with Crippen LogP contribution in [0.2, 0.25) is 0 Å². The molecule has 0 unspecified atom stereocenters. The van der Waals surface area contributed by atoms with Crippen molar-refractivity contribution in [2.75, 3.05) is 13.2 Å². The number of amides is 2. The van der Waals surface area contributed by atoms with E-state index in [4.69, 9.17) is 4.74 Å². The first-order chi connectivity index (χ1) is 9.54. The van der Waals surface area contributed by atoms with E-state index in [2.05, 4.69) is 26.6 Å². The van der Waals surface area contributed by atoms with Crippen molar-refractivity contribution in [1.29, 1.82) is 0 Å². The minimum absolute atomic E-state index is 0.00854. The van der Waals surface area contributed by atoms with Crippen LogP contribution in [0.4, 0.5) is 4.39 Å². The fourth-order valence-electron chi connectivity index (χ4n) is 1.47. The third-order valence-corrected chi connectivity index (χ3v) is 3.13. The van der Waals surface area contributed by atoms with Crippen LogP contribution in [0.15, 0.2) is 22.7 Å². The molecule has 0 saturated heterocycles. The van der Waals surface area contributed by atoms with Gasteiger partial charge in [0, 0.05) is 10.5 Å². The van der Waals surface area contributed by atoms with Crippen molar-refractivity contribution in [2.45, 2.75) is 18.9 Å². The molecule has 2 amide bonds. The number of hydrogen-bond donors (Lipinski definition) is 2. The molecule has 0 aromatic heterocycles. The second-order valence-corrected chi connectivity index (χ2v) is 5.40. The van der Waals surface area contributed by atoms with Gasteiger partial charge in [-0.2, -0.15) is 0 Å². The first-order valence-electron chi connectivity index (χ1n) is 6.18. The molecule has 20 heavy (non-hydrogen) atoms. The maximum atomic E-state index is 13.4. The van der Waals surface area contributed by atoms with Crippen LogP contribution < -0.4 is 15.4 Å². The highest BCUT2D eigenvalue weighted by Gasteiger charge is 2.23. The molecule has 1 aliphatic carbocycles. The summed E-state index contributed by atoms with van der Waals surface area (Å²) in [6.45, 7) is -0.434. The highest BCUT2D eigenvalue weighted by molar-refractivity contribution is 9.10. The van der Waals surface area contributed by atoms with Crippen molar-refractivity contribution >= 4 is 27.7 Å². The predicted molar refractivity (Wildman–Crippen MR) is 73.8 cm³/mol. The van der Waals surface area contributed by atoms with Crippen LogP contribution >= 0.6 is 15.9 Å². The number of carbonyl (C=O) groups is 2. The Balaban J connectivity index is 1.70. The minimum Gasteiger partial charge on any atom is -0.481 e. The lowest BCUT2D eigenvalue weighted by Crippen LogP contribution is -2.39. The first-order valence-corrected chi connectivity index (χ1v) is 6.98. The van der Waals surface area contributed by atoms with E-state index in [0.717, 1.165) is 12.8 Å². The maximum Gasteiger partial charge on any atom is 0.258 e.